The Kier molecular flexibility index (Phi) is 2.96. The second-order valence-electron chi connectivity index (χ2n) is 3.49. The number of Topliss-reactive ketones (excluding diaryl/α,β-unsaturated/α-hetero) is 1. The van der Waals surface area contributed by atoms with E-state index in [2.05, 4.69) is 0 Å². The summed E-state index contributed by atoms with van der Waals surface area (Å²) >= 11 is 1.75. The molecule has 0 saturated carbocycles. The maximum absolute atomic E-state index is 11.9. The fourth-order valence-corrected chi connectivity index (χ4v) is 2.86. The highest BCUT2D eigenvalue weighted by molar-refractivity contribution is 8.00. The van der Waals surface area contributed by atoms with Crippen LogP contribution in [0.3, 0.4) is 0 Å². The Hall–Kier alpha value is -0.700. The van der Waals surface area contributed by atoms with Gasteiger partial charge in [0, 0.05) is 6.42 Å². The number of hydrogen-bond donors (Lipinski definition) is 0. The number of thioether (sulfide) groups is 1. The summed E-state index contributed by atoms with van der Waals surface area (Å²) in [5.41, 5.74) is 0. The Balaban J connectivity index is 2.09. The molecule has 76 valence electrons. The van der Waals surface area contributed by atoms with Crippen LogP contribution in [0.2, 0.25) is 0 Å². The van der Waals surface area contributed by atoms with E-state index in [0.717, 1.165) is 30.8 Å². The molecule has 1 aliphatic heterocycles. The van der Waals surface area contributed by atoms with E-state index >= 15 is 0 Å². The molecular weight excluding hydrogens is 196 g/mol. The molecule has 1 aromatic rings. The Labute approximate surface area is 88.1 Å². The van der Waals surface area contributed by atoms with Gasteiger partial charge in [-0.25, -0.2) is 0 Å². The van der Waals surface area contributed by atoms with Crippen molar-refractivity contribution >= 4 is 17.5 Å². The highest BCUT2D eigenvalue weighted by Crippen LogP contribution is 2.29. The smallest absolute Gasteiger partial charge is 0.210 e. The standard InChI is InChI=1S/C11H14O2S/c1-2-8-5-6-9(13-8)11(12)10-4-3-7-14-10/h5-6,10H,2-4,7H2,1H3. The van der Waals surface area contributed by atoms with Gasteiger partial charge in [-0.3, -0.25) is 4.79 Å². The maximum Gasteiger partial charge on any atom is 0.210 e. The predicted molar refractivity (Wildman–Crippen MR) is 57.9 cm³/mol. The van der Waals surface area contributed by atoms with Crippen molar-refractivity contribution in [3.63, 3.8) is 0 Å². The summed E-state index contributed by atoms with van der Waals surface area (Å²) in [7, 11) is 0. The average molecular weight is 210 g/mol. The van der Waals surface area contributed by atoms with Crippen LogP contribution >= 0.6 is 11.8 Å². The summed E-state index contributed by atoms with van der Waals surface area (Å²) in [5, 5.41) is 0.144. The van der Waals surface area contributed by atoms with Crippen molar-refractivity contribution in [1.29, 1.82) is 0 Å². The molecule has 2 nitrogen and oxygen atoms in total. The first-order valence-electron chi connectivity index (χ1n) is 5.06. The molecule has 0 amide bonds. The zero-order chi connectivity index (χ0) is 9.97. The van der Waals surface area contributed by atoms with Gasteiger partial charge in [0.2, 0.25) is 5.78 Å². The van der Waals surface area contributed by atoms with Gasteiger partial charge in [-0.2, -0.15) is 11.8 Å². The van der Waals surface area contributed by atoms with Gasteiger partial charge >= 0.3 is 0 Å². The highest BCUT2D eigenvalue weighted by atomic mass is 32.2. The second kappa shape index (κ2) is 4.22. The van der Waals surface area contributed by atoms with Crippen LogP contribution in [-0.4, -0.2) is 16.8 Å². The first-order valence-corrected chi connectivity index (χ1v) is 6.10. The van der Waals surface area contributed by atoms with Gasteiger partial charge < -0.3 is 4.42 Å². The normalized spacial score (nSPS) is 21.4. The van der Waals surface area contributed by atoms with Crippen LogP contribution in [0.15, 0.2) is 16.5 Å². The molecule has 0 aromatic carbocycles. The number of ketones is 1. The molecule has 0 N–H and O–H groups in total. The molecule has 0 aliphatic carbocycles. The van der Waals surface area contributed by atoms with Crippen molar-refractivity contribution < 1.29 is 9.21 Å². The molecule has 0 spiro atoms. The molecule has 3 heteroatoms. The van der Waals surface area contributed by atoms with Crippen LogP contribution < -0.4 is 0 Å². The van der Waals surface area contributed by atoms with Gasteiger partial charge in [0.15, 0.2) is 5.76 Å². The SMILES string of the molecule is CCc1ccc(C(=O)C2CCCS2)o1. The van der Waals surface area contributed by atoms with Crippen LogP contribution in [-0.2, 0) is 6.42 Å². The molecule has 1 saturated heterocycles. The van der Waals surface area contributed by atoms with Gasteiger partial charge in [0.05, 0.1) is 5.25 Å². The summed E-state index contributed by atoms with van der Waals surface area (Å²) in [4.78, 5) is 11.9. The van der Waals surface area contributed by atoms with Crippen molar-refractivity contribution in [2.45, 2.75) is 31.4 Å². The molecule has 1 atom stereocenters. The fraction of sp³-hybridized carbons (Fsp3) is 0.545. The Morgan fingerprint density at radius 1 is 1.64 bits per heavy atom. The minimum atomic E-state index is 0.144. The van der Waals surface area contributed by atoms with Crippen molar-refractivity contribution in [3.05, 3.63) is 23.7 Å². The lowest BCUT2D eigenvalue weighted by molar-refractivity contribution is 0.0960. The van der Waals surface area contributed by atoms with E-state index in [1.807, 2.05) is 13.0 Å². The van der Waals surface area contributed by atoms with Crippen molar-refractivity contribution in [1.82, 2.24) is 0 Å². The van der Waals surface area contributed by atoms with Gasteiger partial charge in [-0.1, -0.05) is 6.92 Å². The molecule has 1 aromatic heterocycles. The van der Waals surface area contributed by atoms with E-state index in [-0.39, 0.29) is 11.0 Å². The molecule has 14 heavy (non-hydrogen) atoms. The summed E-state index contributed by atoms with van der Waals surface area (Å²) in [6.45, 7) is 2.03. The topological polar surface area (TPSA) is 30.2 Å². The number of carbonyl (C=O) groups excluding carboxylic acids is 1. The molecule has 2 heterocycles. The lowest BCUT2D eigenvalue weighted by Gasteiger charge is -2.03. The number of hydrogen-bond acceptors (Lipinski definition) is 3. The summed E-state index contributed by atoms with van der Waals surface area (Å²) in [6.07, 6.45) is 3.01. The second-order valence-corrected chi connectivity index (χ2v) is 4.80. The molecule has 1 fully saturated rings. The lowest BCUT2D eigenvalue weighted by Crippen LogP contribution is -2.12. The van der Waals surface area contributed by atoms with Crippen molar-refractivity contribution in [2.75, 3.05) is 5.75 Å². The molecular formula is C11H14O2S. The Morgan fingerprint density at radius 2 is 2.50 bits per heavy atom. The van der Waals surface area contributed by atoms with Crippen LogP contribution in [0.5, 0.6) is 0 Å². The minimum Gasteiger partial charge on any atom is -0.458 e. The van der Waals surface area contributed by atoms with Gasteiger partial charge in [-0.15, -0.1) is 0 Å². The molecule has 0 radical (unpaired) electrons. The number of furan rings is 1. The zero-order valence-electron chi connectivity index (χ0n) is 8.29. The third-order valence-corrected chi connectivity index (χ3v) is 3.85. The lowest BCUT2D eigenvalue weighted by atomic mass is 10.1. The summed E-state index contributed by atoms with van der Waals surface area (Å²) < 4.78 is 5.44. The molecule has 1 unspecified atom stereocenters. The molecule has 1 aliphatic rings. The number of rotatable bonds is 3. The summed E-state index contributed by atoms with van der Waals surface area (Å²) in [5.74, 6) is 2.72. The fourth-order valence-electron chi connectivity index (χ4n) is 1.64. The number of carbonyl (C=O) groups is 1. The van der Waals surface area contributed by atoms with Crippen LogP contribution in [0.1, 0.15) is 36.1 Å². The van der Waals surface area contributed by atoms with Gasteiger partial charge in [0.25, 0.3) is 0 Å². The highest BCUT2D eigenvalue weighted by Gasteiger charge is 2.26. The molecule has 2 rings (SSSR count). The van der Waals surface area contributed by atoms with Gasteiger partial charge in [0.1, 0.15) is 5.76 Å². The van der Waals surface area contributed by atoms with E-state index in [9.17, 15) is 4.79 Å². The van der Waals surface area contributed by atoms with Crippen molar-refractivity contribution in [3.8, 4) is 0 Å². The van der Waals surface area contributed by atoms with Crippen molar-refractivity contribution in [2.24, 2.45) is 0 Å². The van der Waals surface area contributed by atoms with E-state index < -0.39 is 0 Å². The average Bonchev–Trinajstić information content (AvgIpc) is 2.88. The van der Waals surface area contributed by atoms with E-state index in [4.69, 9.17) is 4.42 Å². The third-order valence-electron chi connectivity index (χ3n) is 2.48. The van der Waals surface area contributed by atoms with Crippen LogP contribution in [0, 0.1) is 0 Å². The summed E-state index contributed by atoms with van der Waals surface area (Å²) in [6, 6.07) is 3.70. The van der Waals surface area contributed by atoms with Crippen LogP contribution in [0.4, 0.5) is 0 Å². The van der Waals surface area contributed by atoms with E-state index in [0.29, 0.717) is 5.76 Å². The van der Waals surface area contributed by atoms with Gasteiger partial charge in [-0.05, 0) is 30.7 Å². The third kappa shape index (κ3) is 1.87. The van der Waals surface area contributed by atoms with E-state index in [1.165, 1.54) is 0 Å². The number of aryl methyl sites for hydroxylation is 1. The Bertz CT molecular complexity index is 324. The monoisotopic (exact) mass is 210 g/mol. The first-order chi connectivity index (χ1) is 6.81. The van der Waals surface area contributed by atoms with E-state index in [1.54, 1.807) is 17.8 Å². The molecule has 0 bridgehead atoms. The maximum atomic E-state index is 11.9. The largest absolute Gasteiger partial charge is 0.458 e. The zero-order valence-corrected chi connectivity index (χ0v) is 9.10. The minimum absolute atomic E-state index is 0.144. The quantitative estimate of drug-likeness (QED) is 0.718. The van der Waals surface area contributed by atoms with Crippen LogP contribution in [0.25, 0.3) is 0 Å². The Morgan fingerprint density at radius 3 is 3.07 bits per heavy atom. The first kappa shape index (κ1) is 9.84. The predicted octanol–water partition coefficient (Wildman–Crippen LogP) is 2.92.